The number of H-pyrrole nitrogens is 1. The number of aromatic nitrogens is 2. The van der Waals surface area contributed by atoms with Crippen LogP contribution >= 0.6 is 47.8 Å². The molecule has 0 unspecified atom stereocenters. The number of alkyl halides is 1. The maximum absolute atomic E-state index is 12.2. The molecule has 7 heteroatoms. The van der Waals surface area contributed by atoms with Crippen LogP contribution in [0.3, 0.4) is 0 Å². The molecule has 1 N–H and O–H groups in total. The molecule has 3 aromatic rings. The van der Waals surface area contributed by atoms with E-state index in [0.717, 1.165) is 37.6 Å². The van der Waals surface area contributed by atoms with Gasteiger partial charge in [-0.2, -0.15) is 0 Å². The first kappa shape index (κ1) is 20.3. The van der Waals surface area contributed by atoms with Crippen LogP contribution in [0.15, 0.2) is 62.4 Å². The first-order valence-corrected chi connectivity index (χ1v) is 11.1. The van der Waals surface area contributed by atoms with Crippen molar-refractivity contribution in [1.82, 2.24) is 9.97 Å². The fourth-order valence-corrected chi connectivity index (χ4v) is 4.22. The molecule has 0 radical (unpaired) electrons. The van der Waals surface area contributed by atoms with E-state index < -0.39 is 0 Å². The third-order valence-corrected chi connectivity index (χ3v) is 5.63. The molecule has 0 fully saturated rings. The van der Waals surface area contributed by atoms with Crippen molar-refractivity contribution in [1.29, 1.82) is 0 Å². The number of aromatic amines is 1. The minimum absolute atomic E-state index is 0.171. The number of benzene rings is 2. The summed E-state index contributed by atoms with van der Waals surface area (Å²) in [6, 6.07) is 13.7. The molecule has 0 bridgehead atoms. The van der Waals surface area contributed by atoms with Gasteiger partial charge in [0.25, 0.3) is 5.56 Å². The molecular formula is C20H17Br3N2O2. The van der Waals surface area contributed by atoms with Crippen LogP contribution in [-0.2, 0) is 6.42 Å². The van der Waals surface area contributed by atoms with Crippen molar-refractivity contribution >= 4 is 47.8 Å². The van der Waals surface area contributed by atoms with Crippen molar-refractivity contribution < 1.29 is 4.74 Å². The Morgan fingerprint density at radius 3 is 2.44 bits per heavy atom. The SMILES string of the molecule is O=c1[nH]cc(-c2cc(Br)c(OCCCBr)c(Br)c2)nc1Cc1ccccc1. The van der Waals surface area contributed by atoms with E-state index in [1.807, 2.05) is 42.5 Å². The predicted molar refractivity (Wildman–Crippen MR) is 119 cm³/mol. The van der Waals surface area contributed by atoms with Gasteiger partial charge >= 0.3 is 0 Å². The van der Waals surface area contributed by atoms with Crippen molar-refractivity contribution in [3.63, 3.8) is 0 Å². The van der Waals surface area contributed by atoms with Gasteiger partial charge in [-0.05, 0) is 56.0 Å². The molecule has 0 aliphatic rings. The van der Waals surface area contributed by atoms with Crippen LogP contribution in [0.5, 0.6) is 5.75 Å². The summed E-state index contributed by atoms with van der Waals surface area (Å²) >= 11 is 10.5. The Kier molecular flexibility index (Phi) is 7.26. The topological polar surface area (TPSA) is 55.0 Å². The summed E-state index contributed by atoms with van der Waals surface area (Å²) in [5, 5.41) is 0.895. The van der Waals surface area contributed by atoms with Gasteiger partial charge in [0.2, 0.25) is 0 Å². The minimum atomic E-state index is -0.171. The van der Waals surface area contributed by atoms with Gasteiger partial charge in [-0.25, -0.2) is 4.98 Å². The second-order valence-electron chi connectivity index (χ2n) is 5.88. The summed E-state index contributed by atoms with van der Waals surface area (Å²) in [4.78, 5) is 19.6. The van der Waals surface area contributed by atoms with Crippen LogP contribution in [0.25, 0.3) is 11.3 Å². The molecule has 0 saturated heterocycles. The van der Waals surface area contributed by atoms with E-state index in [1.54, 1.807) is 6.20 Å². The van der Waals surface area contributed by atoms with Crippen LogP contribution in [0.1, 0.15) is 17.7 Å². The van der Waals surface area contributed by atoms with Gasteiger partial charge in [0.1, 0.15) is 11.4 Å². The molecule has 0 saturated carbocycles. The lowest BCUT2D eigenvalue weighted by Crippen LogP contribution is -2.15. The first-order chi connectivity index (χ1) is 13.1. The van der Waals surface area contributed by atoms with Gasteiger partial charge in [-0.3, -0.25) is 4.79 Å². The number of ether oxygens (including phenoxy) is 1. The minimum Gasteiger partial charge on any atom is -0.491 e. The third-order valence-electron chi connectivity index (χ3n) is 3.89. The van der Waals surface area contributed by atoms with E-state index in [0.29, 0.717) is 24.4 Å². The predicted octanol–water partition coefficient (Wildman–Crippen LogP) is 5.72. The summed E-state index contributed by atoms with van der Waals surface area (Å²) in [5.74, 6) is 0.758. The van der Waals surface area contributed by atoms with Gasteiger partial charge in [-0.15, -0.1) is 0 Å². The molecule has 0 amide bonds. The second kappa shape index (κ2) is 9.66. The summed E-state index contributed by atoms with van der Waals surface area (Å²) in [6.07, 6.45) is 3.04. The number of hydrogen-bond donors (Lipinski definition) is 1. The summed E-state index contributed by atoms with van der Waals surface area (Å²) in [7, 11) is 0. The fourth-order valence-electron chi connectivity index (χ4n) is 2.58. The largest absolute Gasteiger partial charge is 0.491 e. The Balaban J connectivity index is 1.90. The van der Waals surface area contributed by atoms with Crippen LogP contribution in [0.2, 0.25) is 0 Å². The smallest absolute Gasteiger partial charge is 0.270 e. The van der Waals surface area contributed by atoms with Gasteiger partial charge in [0.05, 0.1) is 21.2 Å². The van der Waals surface area contributed by atoms with Crippen LogP contribution in [0.4, 0.5) is 0 Å². The van der Waals surface area contributed by atoms with E-state index in [4.69, 9.17) is 4.74 Å². The van der Waals surface area contributed by atoms with Crippen LogP contribution < -0.4 is 10.3 Å². The van der Waals surface area contributed by atoms with Crippen molar-refractivity contribution in [2.24, 2.45) is 0 Å². The van der Waals surface area contributed by atoms with Crippen LogP contribution in [0, 0.1) is 0 Å². The van der Waals surface area contributed by atoms with E-state index in [9.17, 15) is 4.79 Å². The quantitative estimate of drug-likeness (QED) is 0.299. The van der Waals surface area contributed by atoms with Gasteiger partial charge in [-0.1, -0.05) is 46.3 Å². The molecule has 0 atom stereocenters. The molecule has 0 aliphatic heterocycles. The Morgan fingerprint density at radius 1 is 1.07 bits per heavy atom. The number of nitrogens with one attached hydrogen (secondary N) is 1. The van der Waals surface area contributed by atoms with Gasteiger partial charge in [0, 0.05) is 23.5 Å². The maximum atomic E-state index is 12.2. The summed E-state index contributed by atoms with van der Waals surface area (Å²) in [6.45, 7) is 0.625. The van der Waals surface area contributed by atoms with E-state index in [-0.39, 0.29) is 5.56 Å². The molecule has 27 heavy (non-hydrogen) atoms. The fraction of sp³-hybridized carbons (Fsp3) is 0.200. The lowest BCUT2D eigenvalue weighted by atomic mass is 10.1. The number of hydrogen-bond acceptors (Lipinski definition) is 3. The molecule has 1 heterocycles. The first-order valence-electron chi connectivity index (χ1n) is 8.39. The maximum Gasteiger partial charge on any atom is 0.270 e. The Morgan fingerprint density at radius 2 is 1.78 bits per heavy atom. The molecule has 4 nitrogen and oxygen atoms in total. The molecular weight excluding hydrogens is 540 g/mol. The van der Waals surface area contributed by atoms with Crippen molar-refractivity contribution in [3.05, 3.63) is 79.2 Å². The van der Waals surface area contributed by atoms with E-state index in [1.165, 1.54) is 0 Å². The van der Waals surface area contributed by atoms with Crippen molar-refractivity contribution in [2.75, 3.05) is 11.9 Å². The zero-order chi connectivity index (χ0) is 19.2. The Hall–Kier alpha value is -1.44. The van der Waals surface area contributed by atoms with Gasteiger partial charge in [0.15, 0.2) is 0 Å². The monoisotopic (exact) mass is 554 g/mol. The average molecular weight is 557 g/mol. The van der Waals surface area contributed by atoms with Crippen molar-refractivity contribution in [3.8, 4) is 17.0 Å². The average Bonchev–Trinajstić information content (AvgIpc) is 2.66. The Bertz CT molecular complexity index is 951. The molecule has 140 valence electrons. The number of rotatable bonds is 7. The normalized spacial score (nSPS) is 10.8. The zero-order valence-electron chi connectivity index (χ0n) is 14.3. The van der Waals surface area contributed by atoms with E-state index >= 15 is 0 Å². The molecule has 2 aromatic carbocycles. The number of nitrogens with zero attached hydrogens (tertiary/aromatic N) is 1. The van der Waals surface area contributed by atoms with Crippen molar-refractivity contribution in [2.45, 2.75) is 12.8 Å². The third kappa shape index (κ3) is 5.30. The number of halogens is 3. The summed E-state index contributed by atoms with van der Waals surface area (Å²) in [5.41, 5.74) is 2.95. The zero-order valence-corrected chi connectivity index (χ0v) is 19.1. The highest BCUT2D eigenvalue weighted by molar-refractivity contribution is 9.11. The van der Waals surface area contributed by atoms with E-state index in [2.05, 4.69) is 57.8 Å². The molecule has 0 aliphatic carbocycles. The second-order valence-corrected chi connectivity index (χ2v) is 8.39. The van der Waals surface area contributed by atoms with Crippen LogP contribution in [-0.4, -0.2) is 21.9 Å². The highest BCUT2D eigenvalue weighted by atomic mass is 79.9. The standard InChI is InChI=1S/C20H17Br3N2O2/c21-7-4-8-27-19-15(22)10-14(11-16(19)23)18-12-24-20(26)17(25-18)9-13-5-2-1-3-6-13/h1-3,5-6,10-12H,4,7-9H2,(H,24,26). The summed E-state index contributed by atoms with van der Waals surface area (Å²) < 4.78 is 7.48. The lowest BCUT2D eigenvalue weighted by Gasteiger charge is -2.12. The lowest BCUT2D eigenvalue weighted by molar-refractivity contribution is 0.315. The van der Waals surface area contributed by atoms with Gasteiger partial charge < -0.3 is 9.72 Å². The molecule has 1 aromatic heterocycles. The highest BCUT2D eigenvalue weighted by Gasteiger charge is 2.13. The Labute approximate surface area is 182 Å². The molecule has 3 rings (SSSR count). The molecule has 0 spiro atoms. The highest BCUT2D eigenvalue weighted by Crippen LogP contribution is 2.37.